The van der Waals surface area contributed by atoms with Crippen molar-refractivity contribution in [3.63, 3.8) is 0 Å². The lowest BCUT2D eigenvalue weighted by molar-refractivity contribution is 0.683. The molecule has 0 spiro atoms. The fourth-order valence-electron chi connectivity index (χ4n) is 2.51. The quantitative estimate of drug-likeness (QED) is 0.806. The molecule has 0 amide bonds. The van der Waals surface area contributed by atoms with Gasteiger partial charge in [0.05, 0.1) is 5.52 Å². The third-order valence-corrected chi connectivity index (χ3v) is 3.11. The van der Waals surface area contributed by atoms with Crippen LogP contribution in [0.4, 0.5) is 0 Å². The molecule has 0 radical (unpaired) electrons. The average Bonchev–Trinajstić information content (AvgIpc) is 2.66. The van der Waals surface area contributed by atoms with Crippen LogP contribution in [-0.4, -0.2) is 9.55 Å². The predicted octanol–water partition coefficient (Wildman–Crippen LogP) is 2.60. The van der Waals surface area contributed by atoms with Crippen molar-refractivity contribution >= 4 is 22.6 Å². The highest BCUT2D eigenvalue weighted by Gasteiger charge is 2.07. The van der Waals surface area contributed by atoms with Crippen molar-refractivity contribution in [2.45, 2.75) is 33.7 Å². The molecule has 0 unspecified atom stereocenters. The van der Waals surface area contributed by atoms with Gasteiger partial charge in [-0.25, -0.2) is 0 Å². The Labute approximate surface area is 108 Å². The summed E-state index contributed by atoms with van der Waals surface area (Å²) in [6.07, 6.45) is 8.87. The maximum Gasteiger partial charge on any atom is 0.0522 e. The maximum absolute atomic E-state index is 4.25. The number of pyridine rings is 1. The van der Waals surface area contributed by atoms with E-state index in [0.29, 0.717) is 0 Å². The van der Waals surface area contributed by atoms with Gasteiger partial charge in [-0.1, -0.05) is 31.2 Å². The van der Waals surface area contributed by atoms with E-state index in [1.807, 2.05) is 18.5 Å². The van der Waals surface area contributed by atoms with Crippen molar-refractivity contribution in [1.82, 2.24) is 9.55 Å². The van der Waals surface area contributed by atoms with Gasteiger partial charge in [-0.3, -0.25) is 4.98 Å². The molecule has 2 rings (SSSR count). The average molecular weight is 240 g/mol. The highest BCUT2D eigenvalue weighted by Crippen LogP contribution is 2.08. The molecule has 0 aliphatic heterocycles. The van der Waals surface area contributed by atoms with Crippen LogP contribution in [0.3, 0.4) is 0 Å². The standard InChI is InChI=1S/C16H20N2/c1-5-7-13-14-11-17-9-8-15(14)18(10-6-2)16(13)12(3)4/h5,7-9,11H,1,6,10H2,2-4H3/b13-7-. The highest BCUT2D eigenvalue weighted by molar-refractivity contribution is 5.82. The zero-order valence-electron chi connectivity index (χ0n) is 11.4. The van der Waals surface area contributed by atoms with Crippen LogP contribution in [0, 0.1) is 0 Å². The highest BCUT2D eigenvalue weighted by atomic mass is 15.0. The zero-order valence-corrected chi connectivity index (χ0v) is 11.4. The van der Waals surface area contributed by atoms with Gasteiger partial charge in [0, 0.05) is 34.9 Å². The molecule has 94 valence electrons. The van der Waals surface area contributed by atoms with Crippen molar-refractivity contribution in [2.75, 3.05) is 0 Å². The largest absolute Gasteiger partial charge is 0.340 e. The summed E-state index contributed by atoms with van der Waals surface area (Å²) in [6, 6.07) is 2.10. The van der Waals surface area contributed by atoms with Crippen LogP contribution in [-0.2, 0) is 6.54 Å². The van der Waals surface area contributed by atoms with Gasteiger partial charge in [0.1, 0.15) is 0 Å². The molecular formula is C16H20N2. The zero-order chi connectivity index (χ0) is 13.1. The van der Waals surface area contributed by atoms with Gasteiger partial charge in [-0.2, -0.15) is 0 Å². The minimum Gasteiger partial charge on any atom is -0.340 e. The predicted molar refractivity (Wildman–Crippen MR) is 78.7 cm³/mol. The normalized spacial score (nSPS) is 12.1. The molecule has 2 heteroatoms. The molecule has 0 fully saturated rings. The van der Waals surface area contributed by atoms with E-state index >= 15 is 0 Å². The Bertz CT molecular complexity index is 686. The topological polar surface area (TPSA) is 17.8 Å². The number of rotatable bonds is 3. The van der Waals surface area contributed by atoms with Gasteiger partial charge in [0.2, 0.25) is 0 Å². The van der Waals surface area contributed by atoms with Gasteiger partial charge in [-0.05, 0) is 26.3 Å². The molecule has 2 nitrogen and oxygen atoms in total. The number of hydrogen-bond acceptors (Lipinski definition) is 1. The van der Waals surface area contributed by atoms with Crippen molar-refractivity contribution in [1.29, 1.82) is 0 Å². The summed E-state index contributed by atoms with van der Waals surface area (Å²) < 4.78 is 2.39. The lowest BCUT2D eigenvalue weighted by atomic mass is 10.2. The molecular weight excluding hydrogens is 220 g/mol. The van der Waals surface area contributed by atoms with Gasteiger partial charge >= 0.3 is 0 Å². The van der Waals surface area contributed by atoms with E-state index in [-0.39, 0.29) is 0 Å². The molecule has 18 heavy (non-hydrogen) atoms. The van der Waals surface area contributed by atoms with Gasteiger partial charge in [-0.15, -0.1) is 0 Å². The van der Waals surface area contributed by atoms with Crippen molar-refractivity contribution in [3.8, 4) is 0 Å². The fraction of sp³-hybridized carbons (Fsp3) is 0.312. The van der Waals surface area contributed by atoms with Crippen LogP contribution in [0.1, 0.15) is 27.2 Å². The van der Waals surface area contributed by atoms with E-state index in [0.717, 1.165) is 13.0 Å². The van der Waals surface area contributed by atoms with Crippen LogP contribution in [0.25, 0.3) is 22.6 Å². The Morgan fingerprint density at radius 2 is 2.22 bits per heavy atom. The molecule has 0 saturated heterocycles. The smallest absolute Gasteiger partial charge is 0.0522 e. The maximum atomic E-state index is 4.25. The molecule has 0 saturated carbocycles. The SMILES string of the molecule is C=C/C=c1\c(=C(C)C)n(CCC)c2ccncc12. The molecule has 0 bridgehead atoms. The first-order valence-electron chi connectivity index (χ1n) is 6.43. The Morgan fingerprint density at radius 1 is 1.44 bits per heavy atom. The Balaban J connectivity index is 3.07. The van der Waals surface area contributed by atoms with Crippen LogP contribution in [0.2, 0.25) is 0 Å². The van der Waals surface area contributed by atoms with E-state index in [1.54, 1.807) is 0 Å². The third kappa shape index (κ3) is 1.99. The lowest BCUT2D eigenvalue weighted by Crippen LogP contribution is -2.30. The van der Waals surface area contributed by atoms with Crippen molar-refractivity contribution in [3.05, 3.63) is 41.7 Å². The Kier molecular flexibility index (Phi) is 3.66. The summed E-state index contributed by atoms with van der Waals surface area (Å²) in [7, 11) is 0. The number of aryl methyl sites for hydroxylation is 1. The summed E-state index contributed by atoms with van der Waals surface area (Å²) in [5.74, 6) is 0. The van der Waals surface area contributed by atoms with E-state index in [2.05, 4.69) is 49.0 Å². The van der Waals surface area contributed by atoms with E-state index in [1.165, 1.54) is 27.0 Å². The third-order valence-electron chi connectivity index (χ3n) is 3.11. The molecule has 0 atom stereocenters. The van der Waals surface area contributed by atoms with Crippen LogP contribution in [0.5, 0.6) is 0 Å². The molecule has 0 aromatic carbocycles. The summed E-state index contributed by atoms with van der Waals surface area (Å²) in [4.78, 5) is 4.25. The number of allylic oxidation sites excluding steroid dienone is 1. The second kappa shape index (κ2) is 5.21. The van der Waals surface area contributed by atoms with Crippen molar-refractivity contribution < 1.29 is 0 Å². The fourth-order valence-corrected chi connectivity index (χ4v) is 2.51. The lowest BCUT2D eigenvalue weighted by Gasteiger charge is -2.04. The summed E-state index contributed by atoms with van der Waals surface area (Å²) >= 11 is 0. The molecule has 2 aromatic heterocycles. The molecule has 2 aromatic rings. The Morgan fingerprint density at radius 3 is 2.83 bits per heavy atom. The Hall–Kier alpha value is -1.83. The van der Waals surface area contributed by atoms with Crippen LogP contribution in [0.15, 0.2) is 31.1 Å². The molecule has 0 aliphatic carbocycles. The minimum absolute atomic E-state index is 1.03. The minimum atomic E-state index is 1.03. The van der Waals surface area contributed by atoms with Gasteiger partial charge < -0.3 is 4.57 Å². The summed E-state index contributed by atoms with van der Waals surface area (Å²) in [5, 5.41) is 3.75. The number of hydrogen-bond donors (Lipinski definition) is 0. The monoisotopic (exact) mass is 240 g/mol. The molecule has 0 aliphatic rings. The second-order valence-electron chi connectivity index (χ2n) is 4.71. The van der Waals surface area contributed by atoms with E-state index in [9.17, 15) is 0 Å². The number of fused-ring (bicyclic) bond motifs is 1. The first-order chi connectivity index (χ1) is 8.70. The van der Waals surface area contributed by atoms with Gasteiger partial charge in [0.25, 0.3) is 0 Å². The molecule has 2 heterocycles. The summed E-state index contributed by atoms with van der Waals surface area (Å²) in [6.45, 7) is 11.4. The second-order valence-corrected chi connectivity index (χ2v) is 4.71. The number of aromatic nitrogens is 2. The van der Waals surface area contributed by atoms with Gasteiger partial charge in [0.15, 0.2) is 0 Å². The van der Waals surface area contributed by atoms with Crippen LogP contribution >= 0.6 is 0 Å². The van der Waals surface area contributed by atoms with E-state index < -0.39 is 0 Å². The first kappa shape index (κ1) is 12.6. The van der Waals surface area contributed by atoms with Crippen LogP contribution < -0.4 is 10.6 Å². The first-order valence-corrected chi connectivity index (χ1v) is 6.43. The van der Waals surface area contributed by atoms with Crippen molar-refractivity contribution in [2.24, 2.45) is 0 Å². The summed E-state index contributed by atoms with van der Waals surface area (Å²) in [5.41, 5.74) is 2.59. The van der Waals surface area contributed by atoms with E-state index in [4.69, 9.17) is 0 Å². The number of nitrogens with zero attached hydrogens (tertiary/aromatic N) is 2. The molecule has 0 N–H and O–H groups in total.